The number of rotatable bonds is 4. The molecule has 2 N–H and O–H groups in total. The van der Waals surface area contributed by atoms with Crippen LogP contribution in [0.5, 0.6) is 11.5 Å². The van der Waals surface area contributed by atoms with Gasteiger partial charge in [-0.15, -0.1) is 0 Å². The largest absolute Gasteiger partial charge is 0.456 e. The van der Waals surface area contributed by atoms with Crippen LogP contribution in [-0.2, 0) is 12.6 Å². The predicted molar refractivity (Wildman–Crippen MR) is 75.7 cm³/mol. The van der Waals surface area contributed by atoms with Gasteiger partial charge in [0.2, 0.25) is 0 Å². The lowest BCUT2D eigenvalue weighted by molar-refractivity contribution is -0.138. The van der Waals surface area contributed by atoms with Gasteiger partial charge < -0.3 is 10.5 Å². The second-order valence-electron chi connectivity index (χ2n) is 4.39. The first-order valence-electron chi connectivity index (χ1n) is 6.24. The van der Waals surface area contributed by atoms with E-state index in [0.717, 1.165) is 6.07 Å². The molecule has 0 aliphatic rings. The predicted octanol–water partition coefficient (Wildman–Crippen LogP) is 4.65. The quantitative estimate of drug-likeness (QED) is 0.891. The molecule has 0 radical (unpaired) electrons. The lowest BCUT2D eigenvalue weighted by Crippen LogP contribution is -2.12. The van der Waals surface area contributed by atoms with E-state index in [4.69, 9.17) is 22.1 Å². The molecule has 0 saturated carbocycles. The summed E-state index contributed by atoms with van der Waals surface area (Å²) in [7, 11) is 0. The number of ether oxygens (including phenoxy) is 1. The maximum Gasteiger partial charge on any atom is 0.416 e. The number of hydrogen-bond acceptors (Lipinski definition) is 2. The zero-order chi connectivity index (χ0) is 15.5. The van der Waals surface area contributed by atoms with Crippen molar-refractivity contribution in [2.45, 2.75) is 12.6 Å². The molecule has 0 amide bonds. The summed E-state index contributed by atoms with van der Waals surface area (Å²) in [5.41, 5.74) is 4.75. The van der Waals surface area contributed by atoms with Crippen LogP contribution in [0, 0.1) is 0 Å². The molecular formula is C15H13ClF3NO. The molecule has 0 atom stereocenters. The maximum atomic E-state index is 13.0. The third-order valence-electron chi connectivity index (χ3n) is 2.86. The topological polar surface area (TPSA) is 35.2 Å². The normalized spacial score (nSPS) is 11.5. The van der Waals surface area contributed by atoms with Gasteiger partial charge in [-0.1, -0.05) is 29.8 Å². The number of para-hydroxylation sites is 1. The fraction of sp³-hybridized carbons (Fsp3) is 0.200. The number of hydrogen-bond donors (Lipinski definition) is 1. The van der Waals surface area contributed by atoms with Crippen molar-refractivity contribution in [3.63, 3.8) is 0 Å². The maximum absolute atomic E-state index is 13.0. The molecule has 0 unspecified atom stereocenters. The fourth-order valence-corrected chi connectivity index (χ4v) is 2.09. The van der Waals surface area contributed by atoms with Gasteiger partial charge in [0.15, 0.2) is 0 Å². The van der Waals surface area contributed by atoms with Crippen LogP contribution in [-0.4, -0.2) is 6.54 Å². The van der Waals surface area contributed by atoms with Crippen LogP contribution in [0.2, 0.25) is 5.02 Å². The van der Waals surface area contributed by atoms with E-state index in [1.807, 2.05) is 0 Å². The summed E-state index contributed by atoms with van der Waals surface area (Å²) >= 11 is 5.92. The molecule has 0 fully saturated rings. The van der Waals surface area contributed by atoms with Gasteiger partial charge in [0, 0.05) is 0 Å². The van der Waals surface area contributed by atoms with E-state index in [-0.39, 0.29) is 24.3 Å². The molecule has 21 heavy (non-hydrogen) atoms. The Balaban J connectivity index is 2.36. The minimum atomic E-state index is -4.45. The number of nitrogens with two attached hydrogens (primary N) is 1. The standard InChI is InChI=1S/C15H13ClF3NO/c16-13-3-1-2-4-14(13)21-11-6-5-10(7-8-20)12(9-11)15(17,18)19/h1-6,9H,7-8,20H2. The second kappa shape index (κ2) is 6.37. The Bertz CT molecular complexity index is 629. The highest BCUT2D eigenvalue weighted by Crippen LogP contribution is 2.36. The van der Waals surface area contributed by atoms with Crippen LogP contribution < -0.4 is 10.5 Å². The van der Waals surface area contributed by atoms with E-state index < -0.39 is 11.7 Å². The van der Waals surface area contributed by atoms with Crippen LogP contribution in [0.3, 0.4) is 0 Å². The molecule has 0 aromatic heterocycles. The van der Waals surface area contributed by atoms with Gasteiger partial charge in [-0.3, -0.25) is 0 Å². The van der Waals surface area contributed by atoms with E-state index in [1.165, 1.54) is 12.1 Å². The van der Waals surface area contributed by atoms with E-state index in [2.05, 4.69) is 0 Å². The average Bonchev–Trinajstić information content (AvgIpc) is 2.42. The summed E-state index contributed by atoms with van der Waals surface area (Å²) in [6.45, 7) is 0.147. The van der Waals surface area contributed by atoms with Crippen molar-refractivity contribution in [1.82, 2.24) is 0 Å². The molecule has 2 aromatic rings. The van der Waals surface area contributed by atoms with Gasteiger partial charge in [0.1, 0.15) is 11.5 Å². The highest BCUT2D eigenvalue weighted by molar-refractivity contribution is 6.32. The van der Waals surface area contributed by atoms with Gasteiger partial charge in [-0.2, -0.15) is 13.2 Å². The van der Waals surface area contributed by atoms with Crippen molar-refractivity contribution >= 4 is 11.6 Å². The molecule has 0 bridgehead atoms. The first-order valence-corrected chi connectivity index (χ1v) is 6.62. The summed E-state index contributed by atoms with van der Waals surface area (Å²) in [6.07, 6.45) is -4.30. The van der Waals surface area contributed by atoms with Crippen molar-refractivity contribution < 1.29 is 17.9 Å². The molecule has 2 rings (SSSR count). The minimum Gasteiger partial charge on any atom is -0.456 e. The Kier molecular flexibility index (Phi) is 4.75. The van der Waals surface area contributed by atoms with E-state index >= 15 is 0 Å². The monoisotopic (exact) mass is 315 g/mol. The van der Waals surface area contributed by atoms with Gasteiger partial charge in [-0.05, 0) is 42.8 Å². The Hall–Kier alpha value is -1.72. The summed E-state index contributed by atoms with van der Waals surface area (Å²) in [5.74, 6) is 0.384. The number of alkyl halides is 3. The summed E-state index contributed by atoms with van der Waals surface area (Å²) in [5, 5.41) is 0.331. The molecular weight excluding hydrogens is 303 g/mol. The van der Waals surface area contributed by atoms with Crippen molar-refractivity contribution in [3.05, 3.63) is 58.6 Å². The SMILES string of the molecule is NCCc1ccc(Oc2ccccc2Cl)cc1C(F)(F)F. The van der Waals surface area contributed by atoms with Crippen LogP contribution in [0.15, 0.2) is 42.5 Å². The third-order valence-corrected chi connectivity index (χ3v) is 3.18. The molecule has 112 valence electrons. The lowest BCUT2D eigenvalue weighted by Gasteiger charge is -2.15. The molecule has 0 aliphatic carbocycles. The van der Waals surface area contributed by atoms with Gasteiger partial charge in [-0.25, -0.2) is 0 Å². The van der Waals surface area contributed by atoms with Crippen molar-refractivity contribution in [1.29, 1.82) is 0 Å². The van der Waals surface area contributed by atoms with E-state index in [1.54, 1.807) is 24.3 Å². The number of benzene rings is 2. The average molecular weight is 316 g/mol. The summed E-state index contributed by atoms with van der Waals surface area (Å²) in [4.78, 5) is 0. The highest BCUT2D eigenvalue weighted by Gasteiger charge is 2.33. The van der Waals surface area contributed by atoms with Gasteiger partial charge in [0.05, 0.1) is 10.6 Å². The molecule has 2 aromatic carbocycles. The zero-order valence-corrected chi connectivity index (χ0v) is 11.7. The first kappa shape index (κ1) is 15.7. The number of halogens is 4. The van der Waals surface area contributed by atoms with Gasteiger partial charge >= 0.3 is 6.18 Å². The highest BCUT2D eigenvalue weighted by atomic mass is 35.5. The fourth-order valence-electron chi connectivity index (χ4n) is 1.91. The lowest BCUT2D eigenvalue weighted by atomic mass is 10.0. The van der Waals surface area contributed by atoms with Gasteiger partial charge in [0.25, 0.3) is 0 Å². The van der Waals surface area contributed by atoms with Crippen molar-refractivity contribution in [2.24, 2.45) is 5.73 Å². The first-order chi connectivity index (χ1) is 9.91. The van der Waals surface area contributed by atoms with Crippen LogP contribution in [0.25, 0.3) is 0 Å². The molecule has 2 nitrogen and oxygen atoms in total. The van der Waals surface area contributed by atoms with E-state index in [9.17, 15) is 13.2 Å². The van der Waals surface area contributed by atoms with Crippen LogP contribution in [0.1, 0.15) is 11.1 Å². The Labute approximate surface area is 125 Å². The molecule has 0 aliphatic heterocycles. The third kappa shape index (κ3) is 3.89. The molecule has 0 heterocycles. The van der Waals surface area contributed by atoms with Crippen molar-refractivity contribution in [2.75, 3.05) is 6.54 Å². The Morgan fingerprint density at radius 3 is 2.43 bits per heavy atom. The minimum absolute atomic E-state index is 0.0798. The van der Waals surface area contributed by atoms with Crippen LogP contribution >= 0.6 is 11.6 Å². The summed E-state index contributed by atoms with van der Waals surface area (Å²) in [6, 6.07) is 10.4. The molecule has 0 saturated heterocycles. The molecule has 6 heteroatoms. The van der Waals surface area contributed by atoms with Crippen LogP contribution in [0.4, 0.5) is 13.2 Å². The smallest absolute Gasteiger partial charge is 0.416 e. The Morgan fingerprint density at radius 2 is 1.81 bits per heavy atom. The van der Waals surface area contributed by atoms with Crippen molar-refractivity contribution in [3.8, 4) is 11.5 Å². The van der Waals surface area contributed by atoms with E-state index in [0.29, 0.717) is 10.8 Å². The summed E-state index contributed by atoms with van der Waals surface area (Å²) < 4.78 is 44.6. The Morgan fingerprint density at radius 1 is 1.10 bits per heavy atom. The second-order valence-corrected chi connectivity index (χ2v) is 4.80. The zero-order valence-electron chi connectivity index (χ0n) is 11.0. The molecule has 0 spiro atoms.